The fraction of sp³-hybridized carbons (Fsp3) is 0.462. The first-order chi connectivity index (χ1) is 15.7. The van der Waals surface area contributed by atoms with Gasteiger partial charge in [0.25, 0.3) is 5.91 Å². The average molecular weight is 436 g/mol. The van der Waals surface area contributed by atoms with Gasteiger partial charge in [-0.1, -0.05) is 37.1 Å². The van der Waals surface area contributed by atoms with Crippen LogP contribution in [0.15, 0.2) is 42.5 Å². The van der Waals surface area contributed by atoms with Gasteiger partial charge in [-0.05, 0) is 55.0 Å². The molecule has 1 aliphatic carbocycles. The normalized spacial score (nSPS) is 16.0. The van der Waals surface area contributed by atoms with Gasteiger partial charge in [0.05, 0.1) is 5.56 Å². The maximum atomic E-state index is 13.1. The van der Waals surface area contributed by atoms with E-state index in [9.17, 15) is 9.59 Å². The average Bonchev–Trinajstić information content (AvgIpc) is 3.37. The van der Waals surface area contributed by atoms with Crippen molar-refractivity contribution in [2.45, 2.75) is 45.1 Å². The van der Waals surface area contributed by atoms with Gasteiger partial charge in [0.2, 0.25) is 5.91 Å². The Balaban J connectivity index is 1.55. The van der Waals surface area contributed by atoms with Gasteiger partial charge < -0.3 is 20.3 Å². The smallest absolute Gasteiger partial charge is 0.253 e. The van der Waals surface area contributed by atoms with E-state index in [1.165, 1.54) is 11.1 Å². The topological polar surface area (TPSA) is 70.7 Å². The molecule has 0 aromatic heterocycles. The fourth-order valence-electron chi connectivity index (χ4n) is 4.72. The highest BCUT2D eigenvalue weighted by molar-refractivity contribution is 6.02. The van der Waals surface area contributed by atoms with Crippen molar-refractivity contribution in [3.05, 3.63) is 59.2 Å². The van der Waals surface area contributed by atoms with Crippen LogP contribution in [0.25, 0.3) is 0 Å². The predicted molar refractivity (Wildman–Crippen MR) is 127 cm³/mol. The summed E-state index contributed by atoms with van der Waals surface area (Å²) in [6.07, 6.45) is 5.83. The second kappa shape index (κ2) is 10.6. The molecule has 1 aliphatic heterocycles. The van der Waals surface area contributed by atoms with E-state index in [1.807, 2.05) is 18.2 Å². The van der Waals surface area contributed by atoms with Crippen LogP contribution in [0, 0.1) is 5.92 Å². The molecule has 1 heterocycles. The number of benzene rings is 2. The molecule has 2 amide bonds. The Morgan fingerprint density at radius 3 is 2.66 bits per heavy atom. The van der Waals surface area contributed by atoms with Crippen LogP contribution in [-0.4, -0.2) is 38.6 Å². The molecule has 2 N–H and O–H groups in total. The van der Waals surface area contributed by atoms with Crippen LogP contribution < -0.4 is 15.5 Å². The Morgan fingerprint density at radius 2 is 1.88 bits per heavy atom. The van der Waals surface area contributed by atoms with Gasteiger partial charge in [0, 0.05) is 50.6 Å². The molecule has 6 nitrogen and oxygen atoms in total. The molecule has 170 valence electrons. The lowest BCUT2D eigenvalue weighted by molar-refractivity contribution is -0.119. The molecule has 0 unspecified atom stereocenters. The van der Waals surface area contributed by atoms with Crippen molar-refractivity contribution < 1.29 is 14.3 Å². The standard InChI is InChI=1S/C26H33N3O3/c1-32-16-6-14-27-26(31)23-17-22(28-25(30)20-8-3-4-9-20)11-12-24(23)29-15-13-19-7-2-5-10-21(19)18-29/h2,5,7,10-12,17,20H,3-4,6,8-9,13-16,18H2,1H3,(H,27,31)(H,28,30). The number of carbonyl (C=O) groups excluding carboxylic acids is 2. The summed E-state index contributed by atoms with van der Waals surface area (Å²) in [4.78, 5) is 28.0. The van der Waals surface area contributed by atoms with Crippen molar-refractivity contribution in [1.29, 1.82) is 0 Å². The molecule has 4 rings (SSSR count). The lowest BCUT2D eigenvalue weighted by atomic mass is 9.98. The molecular weight excluding hydrogens is 402 g/mol. The lowest BCUT2D eigenvalue weighted by Crippen LogP contribution is -2.33. The largest absolute Gasteiger partial charge is 0.385 e. The van der Waals surface area contributed by atoms with Gasteiger partial charge >= 0.3 is 0 Å². The number of rotatable bonds is 8. The van der Waals surface area contributed by atoms with Gasteiger partial charge in [0.15, 0.2) is 0 Å². The highest BCUT2D eigenvalue weighted by Gasteiger charge is 2.25. The molecule has 0 spiro atoms. The maximum Gasteiger partial charge on any atom is 0.253 e. The van der Waals surface area contributed by atoms with Gasteiger partial charge in [-0.15, -0.1) is 0 Å². The Morgan fingerprint density at radius 1 is 1.09 bits per heavy atom. The van der Waals surface area contributed by atoms with Crippen molar-refractivity contribution in [2.75, 3.05) is 37.0 Å². The number of methoxy groups -OCH3 is 1. The van der Waals surface area contributed by atoms with Crippen molar-refractivity contribution in [3.8, 4) is 0 Å². The Kier molecular flexibility index (Phi) is 7.43. The van der Waals surface area contributed by atoms with E-state index in [0.29, 0.717) is 24.4 Å². The van der Waals surface area contributed by atoms with Crippen LogP contribution in [0.1, 0.15) is 53.6 Å². The third-order valence-electron chi connectivity index (χ3n) is 6.52. The number of ether oxygens (including phenoxy) is 1. The lowest BCUT2D eigenvalue weighted by Gasteiger charge is -2.32. The highest BCUT2D eigenvalue weighted by atomic mass is 16.5. The minimum atomic E-state index is -0.119. The molecule has 1 saturated carbocycles. The molecule has 0 saturated heterocycles. The summed E-state index contributed by atoms with van der Waals surface area (Å²) in [6, 6.07) is 14.2. The molecular formula is C26H33N3O3. The zero-order valence-corrected chi connectivity index (χ0v) is 18.9. The molecule has 6 heteroatoms. The maximum absolute atomic E-state index is 13.1. The zero-order chi connectivity index (χ0) is 22.3. The molecule has 2 aliphatic rings. The molecule has 32 heavy (non-hydrogen) atoms. The Hall–Kier alpha value is -2.86. The van der Waals surface area contributed by atoms with Crippen LogP contribution in [0.2, 0.25) is 0 Å². The number of amides is 2. The van der Waals surface area contributed by atoms with Crippen molar-refractivity contribution in [1.82, 2.24) is 5.32 Å². The summed E-state index contributed by atoms with van der Waals surface area (Å²) in [6.45, 7) is 2.78. The van der Waals surface area contributed by atoms with Crippen LogP contribution in [0.5, 0.6) is 0 Å². The van der Waals surface area contributed by atoms with Gasteiger partial charge in [-0.3, -0.25) is 9.59 Å². The molecule has 2 aromatic rings. The van der Waals surface area contributed by atoms with E-state index in [-0.39, 0.29) is 17.7 Å². The summed E-state index contributed by atoms with van der Waals surface area (Å²) < 4.78 is 5.09. The van der Waals surface area contributed by atoms with Crippen molar-refractivity contribution in [2.24, 2.45) is 5.92 Å². The van der Waals surface area contributed by atoms with E-state index in [1.54, 1.807) is 7.11 Å². The summed E-state index contributed by atoms with van der Waals surface area (Å²) >= 11 is 0. The summed E-state index contributed by atoms with van der Waals surface area (Å²) in [5.41, 5.74) is 4.86. The number of carbonyl (C=O) groups is 2. The third kappa shape index (κ3) is 5.30. The van der Waals surface area contributed by atoms with E-state index in [0.717, 1.165) is 57.3 Å². The zero-order valence-electron chi connectivity index (χ0n) is 18.9. The quantitative estimate of drug-likeness (QED) is 0.612. The van der Waals surface area contributed by atoms with Crippen LogP contribution >= 0.6 is 0 Å². The van der Waals surface area contributed by atoms with Gasteiger partial charge in [0.1, 0.15) is 0 Å². The van der Waals surface area contributed by atoms with E-state index < -0.39 is 0 Å². The van der Waals surface area contributed by atoms with Crippen molar-refractivity contribution >= 4 is 23.2 Å². The first kappa shape index (κ1) is 22.3. The summed E-state index contributed by atoms with van der Waals surface area (Å²) in [7, 11) is 1.66. The predicted octanol–water partition coefficient (Wildman–Crippen LogP) is 4.14. The Bertz CT molecular complexity index is 953. The van der Waals surface area contributed by atoms with E-state index >= 15 is 0 Å². The minimum Gasteiger partial charge on any atom is -0.385 e. The first-order valence-corrected chi connectivity index (χ1v) is 11.7. The summed E-state index contributed by atoms with van der Waals surface area (Å²) in [5, 5.41) is 6.05. The van der Waals surface area contributed by atoms with Crippen LogP contribution in [0.3, 0.4) is 0 Å². The van der Waals surface area contributed by atoms with E-state index in [2.05, 4.69) is 39.8 Å². The van der Waals surface area contributed by atoms with Crippen LogP contribution in [0.4, 0.5) is 11.4 Å². The third-order valence-corrected chi connectivity index (χ3v) is 6.52. The molecule has 0 atom stereocenters. The second-order valence-corrected chi connectivity index (χ2v) is 8.75. The molecule has 1 fully saturated rings. The Labute approximate surface area is 190 Å². The molecule has 2 aromatic carbocycles. The SMILES string of the molecule is COCCCNC(=O)c1cc(NC(=O)C2CCCC2)ccc1N1CCc2ccccc2C1. The number of hydrogen-bond donors (Lipinski definition) is 2. The van der Waals surface area contributed by atoms with Gasteiger partial charge in [-0.25, -0.2) is 0 Å². The number of anilines is 2. The number of hydrogen-bond acceptors (Lipinski definition) is 4. The fourth-order valence-corrected chi connectivity index (χ4v) is 4.72. The molecule has 0 radical (unpaired) electrons. The number of fused-ring (bicyclic) bond motifs is 1. The highest BCUT2D eigenvalue weighted by Crippen LogP contribution is 2.31. The molecule has 0 bridgehead atoms. The van der Waals surface area contributed by atoms with Crippen molar-refractivity contribution in [3.63, 3.8) is 0 Å². The minimum absolute atomic E-state index is 0.0635. The second-order valence-electron chi connectivity index (χ2n) is 8.75. The number of nitrogens with zero attached hydrogens (tertiary/aromatic N) is 1. The summed E-state index contributed by atoms with van der Waals surface area (Å²) in [5.74, 6) is 0.0279. The van der Waals surface area contributed by atoms with E-state index in [4.69, 9.17) is 4.74 Å². The first-order valence-electron chi connectivity index (χ1n) is 11.7. The van der Waals surface area contributed by atoms with Gasteiger partial charge in [-0.2, -0.15) is 0 Å². The number of nitrogens with one attached hydrogen (secondary N) is 2. The monoisotopic (exact) mass is 435 g/mol. The van der Waals surface area contributed by atoms with Crippen LogP contribution in [-0.2, 0) is 22.5 Å².